The lowest BCUT2D eigenvalue weighted by atomic mass is 10.1. The molecule has 0 spiro atoms. The topological polar surface area (TPSA) is 44.7 Å². The Kier molecular flexibility index (Phi) is 6.67. The molecule has 26 heavy (non-hydrogen) atoms. The normalized spacial score (nSPS) is 15.7. The molecule has 1 heterocycles. The highest BCUT2D eigenvalue weighted by atomic mass is 35.5. The maximum absolute atomic E-state index is 12.9. The molecule has 0 unspecified atom stereocenters. The van der Waals surface area contributed by atoms with E-state index in [1.807, 2.05) is 30.3 Å². The Morgan fingerprint density at radius 1 is 1.04 bits per heavy atom. The van der Waals surface area contributed by atoms with Crippen LogP contribution in [0.4, 0.5) is 5.69 Å². The highest BCUT2D eigenvalue weighted by molar-refractivity contribution is 6.46. The van der Waals surface area contributed by atoms with Gasteiger partial charge in [-0.3, -0.25) is 15.1 Å². The quantitative estimate of drug-likeness (QED) is 0.423. The van der Waals surface area contributed by atoms with E-state index in [2.05, 4.69) is 15.4 Å². The summed E-state index contributed by atoms with van der Waals surface area (Å²) in [6, 6.07) is 14.3. The van der Waals surface area contributed by atoms with Crippen LogP contribution in [0.15, 0.2) is 53.6 Å². The zero-order valence-corrected chi connectivity index (χ0v) is 15.9. The van der Waals surface area contributed by atoms with Crippen molar-refractivity contribution >= 4 is 40.4 Å². The lowest BCUT2D eigenvalue weighted by molar-refractivity contribution is 0.105. The van der Waals surface area contributed by atoms with Crippen LogP contribution < -0.4 is 5.43 Å². The van der Waals surface area contributed by atoms with Crippen LogP contribution in [0.5, 0.6) is 0 Å². The Morgan fingerprint density at radius 3 is 2.46 bits per heavy atom. The molecular weight excluding hydrogens is 369 g/mol. The number of carbonyl (C=O) groups excluding carboxylic acids is 1. The Balaban J connectivity index is 1.82. The van der Waals surface area contributed by atoms with Gasteiger partial charge in [0, 0.05) is 17.1 Å². The summed E-state index contributed by atoms with van der Waals surface area (Å²) in [5.41, 5.74) is 4.66. The fourth-order valence-corrected chi connectivity index (χ4v) is 3.40. The average Bonchev–Trinajstić information content (AvgIpc) is 2.67. The zero-order chi connectivity index (χ0) is 18.4. The maximum atomic E-state index is 12.9. The van der Waals surface area contributed by atoms with E-state index in [9.17, 15) is 4.79 Å². The number of hydrazone groups is 1. The van der Waals surface area contributed by atoms with Gasteiger partial charge in [-0.05, 0) is 44.1 Å². The molecule has 136 valence electrons. The molecule has 6 heteroatoms. The summed E-state index contributed by atoms with van der Waals surface area (Å²) in [6.07, 6.45) is 3.56. The fourth-order valence-electron chi connectivity index (χ4n) is 2.95. The number of nitrogens with zero attached hydrogens (tertiary/aromatic N) is 2. The number of halogens is 2. The maximum Gasteiger partial charge on any atom is 0.210 e. The summed E-state index contributed by atoms with van der Waals surface area (Å²) in [5, 5.41) is 5.42. The minimum absolute atomic E-state index is 0.0752. The van der Waals surface area contributed by atoms with Crippen LogP contribution in [0.25, 0.3) is 0 Å². The van der Waals surface area contributed by atoms with Crippen molar-refractivity contribution in [2.45, 2.75) is 19.3 Å². The van der Waals surface area contributed by atoms with Crippen LogP contribution >= 0.6 is 23.2 Å². The molecule has 0 atom stereocenters. The number of nitrogens with one attached hydrogen (secondary N) is 1. The third kappa shape index (κ3) is 5.07. The van der Waals surface area contributed by atoms with Gasteiger partial charge in [0.15, 0.2) is 0 Å². The second kappa shape index (κ2) is 9.17. The second-order valence-corrected chi connectivity index (χ2v) is 7.17. The minimum atomic E-state index is -0.0752. The molecule has 1 aliphatic heterocycles. The number of Topliss-reactive ketones (excluding diaryl/α,β-unsaturated/α-hetero) is 1. The minimum Gasteiger partial charge on any atom is -0.297 e. The lowest BCUT2D eigenvalue weighted by Gasteiger charge is -2.26. The summed E-state index contributed by atoms with van der Waals surface area (Å²) in [7, 11) is 0. The van der Waals surface area contributed by atoms with Crippen LogP contribution in [0.2, 0.25) is 10.0 Å². The Hall–Kier alpha value is -1.88. The number of likely N-dealkylation sites (tertiary alicyclic amines) is 1. The van der Waals surface area contributed by atoms with Crippen molar-refractivity contribution < 1.29 is 4.79 Å². The van der Waals surface area contributed by atoms with Crippen LogP contribution in [-0.4, -0.2) is 36.0 Å². The SMILES string of the molecule is O=C(C(CN1CCCCC1)=NNc1ccc(Cl)cc1Cl)c1ccccc1. The van der Waals surface area contributed by atoms with Gasteiger partial charge < -0.3 is 0 Å². The molecule has 4 nitrogen and oxygen atoms in total. The molecule has 1 aliphatic rings. The zero-order valence-electron chi connectivity index (χ0n) is 14.4. The molecule has 1 N–H and O–H groups in total. The van der Waals surface area contributed by atoms with Gasteiger partial charge in [0.05, 0.1) is 10.7 Å². The first kappa shape index (κ1) is 18.9. The van der Waals surface area contributed by atoms with Crippen molar-refractivity contribution in [3.8, 4) is 0 Å². The first-order valence-electron chi connectivity index (χ1n) is 8.73. The largest absolute Gasteiger partial charge is 0.297 e. The summed E-state index contributed by atoms with van der Waals surface area (Å²) >= 11 is 12.1. The molecule has 2 aromatic carbocycles. The Morgan fingerprint density at radius 2 is 1.77 bits per heavy atom. The summed E-state index contributed by atoms with van der Waals surface area (Å²) in [5.74, 6) is -0.0752. The molecule has 0 saturated carbocycles. The molecular formula is C20H21Cl2N3O. The monoisotopic (exact) mass is 389 g/mol. The molecule has 1 saturated heterocycles. The van der Waals surface area contributed by atoms with Crippen molar-refractivity contribution in [2.24, 2.45) is 5.10 Å². The van der Waals surface area contributed by atoms with Gasteiger partial charge in [-0.25, -0.2) is 0 Å². The van der Waals surface area contributed by atoms with Crippen molar-refractivity contribution in [1.82, 2.24) is 4.90 Å². The molecule has 1 fully saturated rings. The third-order valence-corrected chi connectivity index (χ3v) is 4.91. The van der Waals surface area contributed by atoms with Crippen LogP contribution in [-0.2, 0) is 0 Å². The predicted octanol–water partition coefficient (Wildman–Crippen LogP) is 5.13. The molecule has 0 aromatic heterocycles. The van der Waals surface area contributed by atoms with Crippen molar-refractivity contribution in [2.75, 3.05) is 25.1 Å². The number of anilines is 1. The van der Waals surface area contributed by atoms with Gasteiger partial charge in [-0.1, -0.05) is 60.0 Å². The van der Waals surface area contributed by atoms with Crippen LogP contribution in [0.1, 0.15) is 29.6 Å². The molecule has 0 aliphatic carbocycles. The van der Waals surface area contributed by atoms with Crippen molar-refractivity contribution in [3.05, 3.63) is 64.1 Å². The van der Waals surface area contributed by atoms with E-state index in [0.717, 1.165) is 25.9 Å². The standard InChI is InChI=1S/C20H21Cl2N3O/c21-16-9-10-18(17(22)13-16)23-24-19(14-25-11-5-2-6-12-25)20(26)15-7-3-1-4-8-15/h1,3-4,7-10,13,23H,2,5-6,11-12,14H2. The summed E-state index contributed by atoms with van der Waals surface area (Å²) in [6.45, 7) is 2.50. The molecule has 2 aromatic rings. The number of hydrogen-bond donors (Lipinski definition) is 1. The van der Waals surface area contributed by atoms with E-state index in [0.29, 0.717) is 33.6 Å². The molecule has 0 amide bonds. The van der Waals surface area contributed by atoms with Crippen molar-refractivity contribution in [3.63, 3.8) is 0 Å². The van der Waals surface area contributed by atoms with Gasteiger partial charge in [-0.15, -0.1) is 0 Å². The van der Waals surface area contributed by atoms with E-state index >= 15 is 0 Å². The Labute approximate surface area is 163 Å². The van der Waals surface area contributed by atoms with E-state index in [-0.39, 0.29) is 5.78 Å². The number of hydrogen-bond acceptors (Lipinski definition) is 4. The number of piperidine rings is 1. The average molecular weight is 390 g/mol. The van der Waals surface area contributed by atoms with Crippen LogP contribution in [0, 0.1) is 0 Å². The first-order valence-corrected chi connectivity index (χ1v) is 9.49. The van der Waals surface area contributed by atoms with Crippen molar-refractivity contribution in [1.29, 1.82) is 0 Å². The second-order valence-electron chi connectivity index (χ2n) is 6.33. The smallest absolute Gasteiger partial charge is 0.210 e. The van der Waals surface area contributed by atoms with E-state index in [1.165, 1.54) is 6.42 Å². The van der Waals surface area contributed by atoms with Gasteiger partial charge in [0.1, 0.15) is 5.71 Å². The van der Waals surface area contributed by atoms with Crippen LogP contribution in [0.3, 0.4) is 0 Å². The molecule has 3 rings (SSSR count). The van der Waals surface area contributed by atoms with Gasteiger partial charge in [-0.2, -0.15) is 5.10 Å². The molecule has 0 radical (unpaired) electrons. The van der Waals surface area contributed by atoms with Gasteiger partial charge >= 0.3 is 0 Å². The number of rotatable bonds is 6. The van der Waals surface area contributed by atoms with E-state index in [1.54, 1.807) is 18.2 Å². The van der Waals surface area contributed by atoms with E-state index < -0.39 is 0 Å². The summed E-state index contributed by atoms with van der Waals surface area (Å²) < 4.78 is 0. The predicted molar refractivity (Wildman–Crippen MR) is 109 cm³/mol. The first-order chi connectivity index (χ1) is 12.6. The highest BCUT2D eigenvalue weighted by Gasteiger charge is 2.19. The van der Waals surface area contributed by atoms with Gasteiger partial charge in [0.25, 0.3) is 0 Å². The van der Waals surface area contributed by atoms with Gasteiger partial charge in [0.2, 0.25) is 5.78 Å². The fraction of sp³-hybridized carbons (Fsp3) is 0.300. The number of ketones is 1. The summed E-state index contributed by atoms with van der Waals surface area (Å²) in [4.78, 5) is 15.2. The number of carbonyl (C=O) groups is 1. The number of benzene rings is 2. The highest BCUT2D eigenvalue weighted by Crippen LogP contribution is 2.25. The lowest BCUT2D eigenvalue weighted by Crippen LogP contribution is -2.37. The van der Waals surface area contributed by atoms with E-state index in [4.69, 9.17) is 23.2 Å². The molecule has 0 bridgehead atoms. The third-order valence-electron chi connectivity index (χ3n) is 4.36. The Bertz CT molecular complexity index is 787.